The molecule has 0 radical (unpaired) electrons. The van der Waals surface area contributed by atoms with E-state index in [1.54, 1.807) is 24.3 Å². The molecule has 3 rings (SSSR count). The molecule has 0 saturated heterocycles. The van der Waals surface area contributed by atoms with E-state index in [2.05, 4.69) is 10.6 Å². The molecule has 1 heterocycles. The Labute approximate surface area is 156 Å². The molecule has 7 nitrogen and oxygen atoms in total. The van der Waals surface area contributed by atoms with Gasteiger partial charge in [-0.25, -0.2) is 0 Å². The van der Waals surface area contributed by atoms with Crippen molar-refractivity contribution in [2.75, 3.05) is 11.9 Å². The van der Waals surface area contributed by atoms with Gasteiger partial charge in [-0.3, -0.25) is 14.4 Å². The molecule has 2 unspecified atom stereocenters. The van der Waals surface area contributed by atoms with Gasteiger partial charge in [0.15, 0.2) is 6.10 Å². The van der Waals surface area contributed by atoms with E-state index in [0.29, 0.717) is 23.4 Å². The lowest BCUT2D eigenvalue weighted by Crippen LogP contribution is -2.32. The summed E-state index contributed by atoms with van der Waals surface area (Å²) in [5, 5.41) is 14.2. The van der Waals surface area contributed by atoms with Crippen molar-refractivity contribution in [1.29, 1.82) is 0 Å². The molecule has 2 aromatic carbocycles. The van der Waals surface area contributed by atoms with E-state index >= 15 is 0 Å². The standard InChI is InChI=1S/C20H20N2O5/c1-12(20(25)26)11-21-18(23)14-6-4-7-15(9-14)22-19(24)17-10-13-5-2-3-8-16(13)27-17/h2-9,12,17H,10-11H2,1H3,(H,21,23)(H,22,24)(H,25,26). The van der Waals surface area contributed by atoms with Gasteiger partial charge >= 0.3 is 5.97 Å². The summed E-state index contributed by atoms with van der Waals surface area (Å²) in [4.78, 5) is 35.4. The number of aliphatic carboxylic acids is 1. The summed E-state index contributed by atoms with van der Waals surface area (Å²) in [5.41, 5.74) is 1.79. The van der Waals surface area contributed by atoms with Crippen LogP contribution in [0.1, 0.15) is 22.8 Å². The first kappa shape index (κ1) is 18.4. The van der Waals surface area contributed by atoms with E-state index < -0.39 is 23.9 Å². The van der Waals surface area contributed by atoms with Gasteiger partial charge in [0.1, 0.15) is 5.75 Å². The number of fused-ring (bicyclic) bond motifs is 1. The third kappa shape index (κ3) is 4.44. The Morgan fingerprint density at radius 2 is 1.96 bits per heavy atom. The Morgan fingerprint density at radius 1 is 1.19 bits per heavy atom. The van der Waals surface area contributed by atoms with Crippen LogP contribution in [0.3, 0.4) is 0 Å². The van der Waals surface area contributed by atoms with Crippen LogP contribution in [0.25, 0.3) is 0 Å². The minimum absolute atomic E-state index is 0.0267. The molecule has 3 N–H and O–H groups in total. The molecule has 0 bridgehead atoms. The maximum atomic E-state index is 12.5. The average molecular weight is 368 g/mol. The third-order valence-electron chi connectivity index (χ3n) is 4.32. The van der Waals surface area contributed by atoms with Crippen LogP contribution in [-0.2, 0) is 16.0 Å². The Kier molecular flexibility index (Phi) is 5.40. The fraction of sp³-hybridized carbons (Fsp3) is 0.250. The summed E-state index contributed by atoms with van der Waals surface area (Å²) < 4.78 is 5.66. The summed E-state index contributed by atoms with van der Waals surface area (Å²) in [5.74, 6) is -1.64. The van der Waals surface area contributed by atoms with Gasteiger partial charge in [-0.15, -0.1) is 0 Å². The highest BCUT2D eigenvalue weighted by Crippen LogP contribution is 2.28. The van der Waals surface area contributed by atoms with Crippen molar-refractivity contribution in [1.82, 2.24) is 5.32 Å². The predicted molar refractivity (Wildman–Crippen MR) is 98.8 cm³/mol. The average Bonchev–Trinajstić information content (AvgIpc) is 3.10. The number of anilines is 1. The van der Waals surface area contributed by atoms with Gasteiger partial charge in [0.25, 0.3) is 11.8 Å². The van der Waals surface area contributed by atoms with Gasteiger partial charge in [-0.2, -0.15) is 0 Å². The minimum Gasteiger partial charge on any atom is -0.481 e. The number of carbonyl (C=O) groups is 3. The molecule has 2 aromatic rings. The van der Waals surface area contributed by atoms with Crippen molar-refractivity contribution >= 4 is 23.5 Å². The van der Waals surface area contributed by atoms with Crippen LogP contribution in [0, 0.1) is 5.92 Å². The van der Waals surface area contributed by atoms with Gasteiger partial charge in [-0.1, -0.05) is 31.2 Å². The molecular weight excluding hydrogens is 348 g/mol. The maximum Gasteiger partial charge on any atom is 0.308 e. The second-order valence-corrected chi connectivity index (χ2v) is 6.44. The van der Waals surface area contributed by atoms with Crippen molar-refractivity contribution in [3.8, 4) is 5.75 Å². The summed E-state index contributed by atoms with van der Waals surface area (Å²) in [6, 6.07) is 14.0. The summed E-state index contributed by atoms with van der Waals surface area (Å²) in [6.07, 6.45) is -0.119. The predicted octanol–water partition coefficient (Wildman–Crippen LogP) is 2.08. The topological polar surface area (TPSA) is 105 Å². The summed E-state index contributed by atoms with van der Waals surface area (Å²) in [6.45, 7) is 1.54. The molecule has 0 fully saturated rings. The van der Waals surface area contributed by atoms with E-state index in [0.717, 1.165) is 5.56 Å². The first-order chi connectivity index (χ1) is 12.9. The number of ether oxygens (including phenoxy) is 1. The number of benzene rings is 2. The van der Waals surface area contributed by atoms with Gasteiger partial charge in [-0.05, 0) is 29.8 Å². The van der Waals surface area contributed by atoms with Gasteiger partial charge in [0.2, 0.25) is 0 Å². The lowest BCUT2D eigenvalue weighted by molar-refractivity contribution is -0.140. The lowest BCUT2D eigenvalue weighted by Gasteiger charge is -2.13. The number of carbonyl (C=O) groups excluding carboxylic acids is 2. The smallest absolute Gasteiger partial charge is 0.308 e. The fourth-order valence-electron chi connectivity index (χ4n) is 2.72. The fourth-order valence-corrected chi connectivity index (χ4v) is 2.72. The number of para-hydroxylation sites is 1. The van der Waals surface area contributed by atoms with Crippen LogP contribution in [-0.4, -0.2) is 35.5 Å². The highest BCUT2D eigenvalue weighted by Gasteiger charge is 2.28. The number of rotatable bonds is 6. The number of carboxylic acid groups (broad SMARTS) is 1. The Morgan fingerprint density at radius 3 is 2.70 bits per heavy atom. The van der Waals surface area contributed by atoms with Crippen molar-refractivity contribution in [3.63, 3.8) is 0 Å². The molecule has 1 aliphatic rings. The van der Waals surface area contributed by atoms with E-state index in [-0.39, 0.29) is 12.5 Å². The number of carboxylic acids is 1. The Bertz CT molecular complexity index is 855. The number of hydrogen-bond acceptors (Lipinski definition) is 4. The van der Waals surface area contributed by atoms with Crippen molar-refractivity contribution < 1.29 is 24.2 Å². The number of amides is 2. The van der Waals surface area contributed by atoms with Gasteiger partial charge < -0.3 is 20.5 Å². The van der Waals surface area contributed by atoms with E-state index in [9.17, 15) is 14.4 Å². The molecule has 0 aromatic heterocycles. The van der Waals surface area contributed by atoms with E-state index in [1.807, 2.05) is 24.3 Å². The molecule has 2 atom stereocenters. The number of hydrogen-bond donors (Lipinski definition) is 3. The van der Waals surface area contributed by atoms with Crippen LogP contribution < -0.4 is 15.4 Å². The first-order valence-electron chi connectivity index (χ1n) is 8.60. The minimum atomic E-state index is -0.978. The molecule has 0 aliphatic carbocycles. The van der Waals surface area contributed by atoms with Crippen LogP contribution in [0.4, 0.5) is 5.69 Å². The second-order valence-electron chi connectivity index (χ2n) is 6.44. The quantitative estimate of drug-likeness (QED) is 0.724. The summed E-state index contributed by atoms with van der Waals surface area (Å²) >= 11 is 0. The molecular formula is C20H20N2O5. The zero-order valence-corrected chi connectivity index (χ0v) is 14.8. The van der Waals surface area contributed by atoms with Gasteiger partial charge in [0.05, 0.1) is 5.92 Å². The monoisotopic (exact) mass is 368 g/mol. The third-order valence-corrected chi connectivity index (χ3v) is 4.32. The van der Waals surface area contributed by atoms with E-state index in [1.165, 1.54) is 6.92 Å². The Hall–Kier alpha value is -3.35. The highest BCUT2D eigenvalue weighted by molar-refractivity contribution is 5.98. The normalized spacial score (nSPS) is 16.0. The molecule has 2 amide bonds. The van der Waals surface area contributed by atoms with E-state index in [4.69, 9.17) is 9.84 Å². The molecule has 0 spiro atoms. The van der Waals surface area contributed by atoms with Crippen molar-refractivity contribution in [3.05, 3.63) is 59.7 Å². The Balaban J connectivity index is 1.60. The molecule has 140 valence electrons. The lowest BCUT2D eigenvalue weighted by atomic mass is 10.1. The van der Waals surface area contributed by atoms with Gasteiger partial charge in [0, 0.05) is 24.2 Å². The van der Waals surface area contributed by atoms with Crippen molar-refractivity contribution in [2.24, 2.45) is 5.92 Å². The molecule has 1 aliphatic heterocycles. The summed E-state index contributed by atoms with van der Waals surface area (Å²) in [7, 11) is 0. The highest BCUT2D eigenvalue weighted by atomic mass is 16.5. The van der Waals surface area contributed by atoms with Crippen LogP contribution in [0.15, 0.2) is 48.5 Å². The van der Waals surface area contributed by atoms with Crippen molar-refractivity contribution in [2.45, 2.75) is 19.4 Å². The van der Waals surface area contributed by atoms with Crippen LogP contribution in [0.5, 0.6) is 5.75 Å². The molecule has 0 saturated carbocycles. The maximum absolute atomic E-state index is 12.5. The zero-order chi connectivity index (χ0) is 19.4. The first-order valence-corrected chi connectivity index (χ1v) is 8.60. The zero-order valence-electron chi connectivity index (χ0n) is 14.8. The molecule has 27 heavy (non-hydrogen) atoms. The SMILES string of the molecule is CC(CNC(=O)c1cccc(NC(=O)C2Cc3ccccc3O2)c1)C(=O)O. The largest absolute Gasteiger partial charge is 0.481 e. The van der Waals surface area contributed by atoms with Crippen LogP contribution >= 0.6 is 0 Å². The number of nitrogens with one attached hydrogen (secondary N) is 2. The second kappa shape index (κ2) is 7.90. The molecule has 7 heteroatoms. The van der Waals surface area contributed by atoms with Crippen LogP contribution in [0.2, 0.25) is 0 Å².